The SMILES string of the molecule is NCCNCCCNCCN1CC(CS)CC1=O. The van der Waals surface area contributed by atoms with Gasteiger partial charge in [0.05, 0.1) is 0 Å². The maximum Gasteiger partial charge on any atom is 0.222 e. The normalized spacial score (nSPS) is 19.8. The van der Waals surface area contributed by atoms with Crippen LogP contribution in [0.2, 0.25) is 0 Å². The summed E-state index contributed by atoms with van der Waals surface area (Å²) in [5.74, 6) is 1.53. The first-order chi connectivity index (χ1) is 8.77. The molecule has 1 rings (SSSR count). The maximum atomic E-state index is 11.6. The Bertz CT molecular complexity index is 240. The predicted molar refractivity (Wildman–Crippen MR) is 78.0 cm³/mol. The Hall–Kier alpha value is -0.300. The minimum atomic E-state index is 0.278. The average molecular weight is 274 g/mol. The molecule has 18 heavy (non-hydrogen) atoms. The van der Waals surface area contributed by atoms with Gasteiger partial charge in [0.2, 0.25) is 5.91 Å². The van der Waals surface area contributed by atoms with Crippen molar-refractivity contribution in [1.29, 1.82) is 0 Å². The Morgan fingerprint density at radius 1 is 1.28 bits per heavy atom. The van der Waals surface area contributed by atoms with E-state index >= 15 is 0 Å². The second-order valence-corrected chi connectivity index (χ2v) is 5.10. The van der Waals surface area contributed by atoms with Crippen molar-refractivity contribution in [1.82, 2.24) is 15.5 Å². The van der Waals surface area contributed by atoms with Crippen LogP contribution >= 0.6 is 12.6 Å². The third kappa shape index (κ3) is 6.04. The zero-order valence-corrected chi connectivity index (χ0v) is 11.9. The summed E-state index contributed by atoms with van der Waals surface area (Å²) < 4.78 is 0. The van der Waals surface area contributed by atoms with Crippen LogP contribution in [-0.4, -0.2) is 62.4 Å². The van der Waals surface area contributed by atoms with Crippen LogP contribution < -0.4 is 16.4 Å². The molecule has 0 bridgehead atoms. The third-order valence-electron chi connectivity index (χ3n) is 3.14. The van der Waals surface area contributed by atoms with E-state index in [9.17, 15) is 4.79 Å². The monoisotopic (exact) mass is 274 g/mol. The number of nitrogens with two attached hydrogens (primary N) is 1. The Balaban J connectivity index is 1.93. The lowest BCUT2D eigenvalue weighted by atomic mass is 10.1. The van der Waals surface area contributed by atoms with E-state index in [1.54, 1.807) is 0 Å². The minimum absolute atomic E-state index is 0.278. The molecule has 0 spiro atoms. The second-order valence-electron chi connectivity index (χ2n) is 4.73. The van der Waals surface area contributed by atoms with Gasteiger partial charge in [0, 0.05) is 39.1 Å². The van der Waals surface area contributed by atoms with Gasteiger partial charge in [0.1, 0.15) is 0 Å². The molecular formula is C12H26N4OS. The number of nitrogens with one attached hydrogen (secondary N) is 2. The van der Waals surface area contributed by atoms with Crippen LogP contribution in [-0.2, 0) is 4.79 Å². The van der Waals surface area contributed by atoms with Crippen LogP contribution in [0.3, 0.4) is 0 Å². The lowest BCUT2D eigenvalue weighted by molar-refractivity contribution is -0.127. The van der Waals surface area contributed by atoms with E-state index in [-0.39, 0.29) is 5.91 Å². The summed E-state index contributed by atoms with van der Waals surface area (Å²) in [5.41, 5.74) is 5.38. The molecule has 1 amide bonds. The lowest BCUT2D eigenvalue weighted by Crippen LogP contribution is -2.34. The number of hydrogen-bond acceptors (Lipinski definition) is 5. The fraction of sp³-hybridized carbons (Fsp3) is 0.917. The van der Waals surface area contributed by atoms with Crippen LogP contribution in [0, 0.1) is 5.92 Å². The number of carbonyl (C=O) groups excluding carboxylic acids is 1. The number of rotatable bonds is 10. The Kier molecular flexibility index (Phi) is 8.41. The molecule has 1 fully saturated rings. The van der Waals surface area contributed by atoms with Crippen molar-refractivity contribution < 1.29 is 4.79 Å². The molecule has 1 unspecified atom stereocenters. The van der Waals surface area contributed by atoms with Crippen LogP contribution in [0.25, 0.3) is 0 Å². The lowest BCUT2D eigenvalue weighted by Gasteiger charge is -2.16. The van der Waals surface area contributed by atoms with Crippen molar-refractivity contribution in [2.45, 2.75) is 12.8 Å². The standard InChI is InChI=1S/C12H26N4OS/c13-2-5-14-3-1-4-15-6-7-16-9-11(10-18)8-12(16)17/h11,14-15,18H,1-10,13H2. The number of hydrogen-bond donors (Lipinski definition) is 4. The van der Waals surface area contributed by atoms with Crippen LogP contribution in [0.1, 0.15) is 12.8 Å². The van der Waals surface area contributed by atoms with E-state index in [0.29, 0.717) is 18.9 Å². The zero-order chi connectivity index (χ0) is 13.2. The first kappa shape index (κ1) is 15.8. The highest BCUT2D eigenvalue weighted by Gasteiger charge is 2.27. The molecule has 0 saturated carbocycles. The summed E-state index contributed by atoms with van der Waals surface area (Å²) in [6, 6.07) is 0. The van der Waals surface area contributed by atoms with Gasteiger partial charge in [-0.15, -0.1) is 0 Å². The molecule has 1 atom stereocenters. The summed E-state index contributed by atoms with van der Waals surface area (Å²) in [7, 11) is 0. The van der Waals surface area contributed by atoms with Gasteiger partial charge >= 0.3 is 0 Å². The first-order valence-electron chi connectivity index (χ1n) is 6.78. The van der Waals surface area contributed by atoms with Gasteiger partial charge < -0.3 is 21.3 Å². The molecule has 1 aliphatic rings. The molecule has 106 valence electrons. The van der Waals surface area contributed by atoms with E-state index in [2.05, 4.69) is 23.3 Å². The topological polar surface area (TPSA) is 70.4 Å². The molecule has 0 aromatic carbocycles. The molecular weight excluding hydrogens is 248 g/mol. The summed E-state index contributed by atoms with van der Waals surface area (Å²) in [4.78, 5) is 13.6. The summed E-state index contributed by atoms with van der Waals surface area (Å²) in [5, 5.41) is 6.61. The average Bonchev–Trinajstić information content (AvgIpc) is 2.73. The Labute approximate surface area is 115 Å². The quantitative estimate of drug-likeness (QED) is 0.314. The molecule has 1 aliphatic heterocycles. The van der Waals surface area contributed by atoms with Crippen molar-refractivity contribution in [2.75, 3.05) is 51.6 Å². The van der Waals surface area contributed by atoms with Gasteiger partial charge in [0.25, 0.3) is 0 Å². The minimum Gasteiger partial charge on any atom is -0.341 e. The summed E-state index contributed by atoms with van der Waals surface area (Å²) >= 11 is 4.25. The number of likely N-dealkylation sites (tertiary alicyclic amines) is 1. The van der Waals surface area contributed by atoms with Crippen molar-refractivity contribution in [2.24, 2.45) is 11.7 Å². The van der Waals surface area contributed by atoms with Gasteiger partial charge in [-0.1, -0.05) is 0 Å². The maximum absolute atomic E-state index is 11.6. The Morgan fingerprint density at radius 3 is 2.61 bits per heavy atom. The summed E-state index contributed by atoms with van der Waals surface area (Å²) in [6.45, 7) is 6.12. The van der Waals surface area contributed by atoms with Crippen LogP contribution in [0.4, 0.5) is 0 Å². The van der Waals surface area contributed by atoms with Crippen molar-refractivity contribution >= 4 is 18.5 Å². The fourth-order valence-corrected chi connectivity index (χ4v) is 2.34. The molecule has 1 heterocycles. The molecule has 6 heteroatoms. The predicted octanol–water partition coefficient (Wildman–Crippen LogP) is -0.707. The molecule has 1 saturated heterocycles. The van der Waals surface area contributed by atoms with E-state index in [1.807, 2.05) is 4.90 Å². The van der Waals surface area contributed by atoms with Crippen LogP contribution in [0.5, 0.6) is 0 Å². The van der Waals surface area contributed by atoms with Crippen molar-refractivity contribution in [3.05, 3.63) is 0 Å². The molecule has 0 aromatic heterocycles. The van der Waals surface area contributed by atoms with Gasteiger partial charge in [0.15, 0.2) is 0 Å². The van der Waals surface area contributed by atoms with E-state index < -0.39 is 0 Å². The highest BCUT2D eigenvalue weighted by Crippen LogP contribution is 2.17. The molecule has 0 aromatic rings. The molecule has 5 nitrogen and oxygen atoms in total. The first-order valence-corrected chi connectivity index (χ1v) is 7.41. The highest BCUT2D eigenvalue weighted by molar-refractivity contribution is 7.80. The molecule has 4 N–H and O–H groups in total. The molecule has 0 radical (unpaired) electrons. The zero-order valence-electron chi connectivity index (χ0n) is 11.0. The number of nitrogens with zero attached hydrogens (tertiary/aromatic N) is 1. The van der Waals surface area contributed by atoms with Gasteiger partial charge in [-0.3, -0.25) is 4.79 Å². The van der Waals surface area contributed by atoms with E-state index in [1.165, 1.54) is 0 Å². The van der Waals surface area contributed by atoms with Gasteiger partial charge in [-0.2, -0.15) is 12.6 Å². The van der Waals surface area contributed by atoms with Gasteiger partial charge in [-0.05, 0) is 31.2 Å². The number of carbonyl (C=O) groups is 1. The molecule has 0 aliphatic carbocycles. The largest absolute Gasteiger partial charge is 0.341 e. The third-order valence-corrected chi connectivity index (χ3v) is 3.66. The second kappa shape index (κ2) is 9.61. The van der Waals surface area contributed by atoms with Crippen molar-refractivity contribution in [3.8, 4) is 0 Å². The van der Waals surface area contributed by atoms with E-state index in [0.717, 1.165) is 51.4 Å². The summed E-state index contributed by atoms with van der Waals surface area (Å²) in [6.07, 6.45) is 1.76. The fourth-order valence-electron chi connectivity index (χ4n) is 2.10. The number of thiol groups is 1. The number of amides is 1. The van der Waals surface area contributed by atoms with E-state index in [4.69, 9.17) is 5.73 Å². The van der Waals surface area contributed by atoms with Crippen molar-refractivity contribution in [3.63, 3.8) is 0 Å². The Morgan fingerprint density at radius 2 is 2.00 bits per heavy atom. The van der Waals surface area contributed by atoms with Crippen LogP contribution in [0.15, 0.2) is 0 Å². The highest BCUT2D eigenvalue weighted by atomic mass is 32.1. The smallest absolute Gasteiger partial charge is 0.222 e. The van der Waals surface area contributed by atoms with Gasteiger partial charge in [-0.25, -0.2) is 0 Å².